The quantitative estimate of drug-likeness (QED) is 0.253. The lowest BCUT2D eigenvalue weighted by Crippen LogP contribution is -2.60. The van der Waals surface area contributed by atoms with E-state index in [1.165, 1.54) is 19.2 Å². The standard InChI is InChI=1S/C28H35F2N5O5S/c1-17(35(25(37)40-27(5,6)7)23(33-38-8)31-24(36)39-26(2,3)4)28(18-13-10-9-11-14-18)34-32-22(41-28)19-15-12-16-20(29)21(19)30/h9-17,34H,1-8H3,(H,31,33,36). The van der Waals surface area contributed by atoms with Gasteiger partial charge in [-0.2, -0.15) is 5.10 Å². The van der Waals surface area contributed by atoms with Gasteiger partial charge in [-0.3, -0.25) is 10.7 Å². The molecule has 0 saturated heterocycles. The van der Waals surface area contributed by atoms with Crippen LogP contribution in [0.25, 0.3) is 0 Å². The van der Waals surface area contributed by atoms with Crippen molar-refractivity contribution in [1.82, 2.24) is 15.6 Å². The molecule has 0 aliphatic carbocycles. The van der Waals surface area contributed by atoms with E-state index in [1.807, 2.05) is 6.07 Å². The van der Waals surface area contributed by atoms with Gasteiger partial charge in [0.15, 0.2) is 16.5 Å². The van der Waals surface area contributed by atoms with E-state index in [4.69, 9.17) is 14.3 Å². The zero-order valence-corrected chi connectivity index (χ0v) is 25.1. The number of benzene rings is 2. The maximum Gasteiger partial charge on any atom is 0.417 e. The van der Waals surface area contributed by atoms with E-state index in [0.29, 0.717) is 5.56 Å². The Morgan fingerprint density at radius 3 is 2.24 bits per heavy atom. The third-order valence-corrected chi connectivity index (χ3v) is 7.04. The fourth-order valence-electron chi connectivity index (χ4n) is 3.87. The van der Waals surface area contributed by atoms with Gasteiger partial charge in [0.05, 0.1) is 6.04 Å². The molecule has 2 atom stereocenters. The summed E-state index contributed by atoms with van der Waals surface area (Å²) in [7, 11) is 1.25. The van der Waals surface area contributed by atoms with Crippen molar-refractivity contribution in [2.24, 2.45) is 10.3 Å². The first kappa shape index (κ1) is 31.7. The maximum atomic E-state index is 14.8. The first-order chi connectivity index (χ1) is 19.1. The van der Waals surface area contributed by atoms with Crippen LogP contribution in [-0.2, 0) is 19.2 Å². The number of amides is 2. The Morgan fingerprint density at radius 1 is 1.02 bits per heavy atom. The molecule has 2 aromatic rings. The number of hydrogen-bond donors (Lipinski definition) is 2. The zero-order chi connectivity index (χ0) is 30.6. The molecule has 41 heavy (non-hydrogen) atoms. The van der Waals surface area contributed by atoms with Gasteiger partial charge in [0, 0.05) is 5.56 Å². The smallest absolute Gasteiger partial charge is 0.417 e. The van der Waals surface area contributed by atoms with Crippen molar-refractivity contribution in [3.8, 4) is 0 Å². The summed E-state index contributed by atoms with van der Waals surface area (Å²) in [6, 6.07) is 11.8. The van der Waals surface area contributed by atoms with E-state index in [9.17, 15) is 18.4 Å². The lowest BCUT2D eigenvalue weighted by Gasteiger charge is -2.41. The van der Waals surface area contributed by atoms with E-state index in [2.05, 4.69) is 21.0 Å². The summed E-state index contributed by atoms with van der Waals surface area (Å²) in [6.07, 6.45) is -1.77. The number of hydrazone groups is 1. The molecule has 13 heteroatoms. The third kappa shape index (κ3) is 7.66. The number of guanidine groups is 1. The number of ether oxygens (including phenoxy) is 2. The minimum absolute atomic E-state index is 0.0611. The summed E-state index contributed by atoms with van der Waals surface area (Å²) < 4.78 is 40.0. The fraction of sp³-hybridized carbons (Fsp3) is 0.429. The Labute approximate surface area is 242 Å². The molecule has 0 fully saturated rings. The van der Waals surface area contributed by atoms with Gasteiger partial charge in [-0.05, 0) is 71.3 Å². The second kappa shape index (κ2) is 12.3. The molecule has 3 rings (SSSR count). The van der Waals surface area contributed by atoms with Crippen molar-refractivity contribution in [2.75, 3.05) is 7.11 Å². The largest absolute Gasteiger partial charge is 0.444 e. The number of thioether (sulfide) groups is 1. The minimum Gasteiger partial charge on any atom is -0.444 e. The van der Waals surface area contributed by atoms with Crippen LogP contribution in [0.2, 0.25) is 0 Å². The summed E-state index contributed by atoms with van der Waals surface area (Å²) in [6.45, 7) is 11.8. The van der Waals surface area contributed by atoms with Crippen LogP contribution in [0, 0.1) is 11.6 Å². The van der Waals surface area contributed by atoms with Crippen molar-refractivity contribution >= 4 is 35.0 Å². The van der Waals surface area contributed by atoms with Crippen molar-refractivity contribution in [3.05, 3.63) is 71.3 Å². The number of oxime groups is 1. The number of carbonyl (C=O) groups excluding carboxylic acids is 2. The first-order valence-electron chi connectivity index (χ1n) is 12.7. The molecule has 2 unspecified atom stereocenters. The molecule has 1 heterocycles. The Bertz CT molecular complexity index is 1330. The predicted molar refractivity (Wildman–Crippen MR) is 153 cm³/mol. The first-order valence-corrected chi connectivity index (χ1v) is 13.6. The van der Waals surface area contributed by atoms with Crippen LogP contribution in [0.15, 0.2) is 58.8 Å². The highest BCUT2D eigenvalue weighted by atomic mass is 32.2. The summed E-state index contributed by atoms with van der Waals surface area (Å²) in [4.78, 5) is 31.3. The van der Waals surface area contributed by atoms with E-state index >= 15 is 0 Å². The number of hydrogen-bond acceptors (Lipinski definition) is 9. The second-order valence-corrected chi connectivity index (χ2v) is 12.3. The maximum absolute atomic E-state index is 14.8. The highest BCUT2D eigenvalue weighted by Gasteiger charge is 2.50. The SMILES string of the molecule is CO/N=C(/NC(=O)OC(C)(C)C)N(C(=O)OC(C)(C)C)C(C)C1(c2ccccc2)NN=C(c2cccc(F)c2F)S1. The number of nitrogens with one attached hydrogen (secondary N) is 2. The summed E-state index contributed by atoms with van der Waals surface area (Å²) in [5, 5.41) is 10.9. The van der Waals surface area contributed by atoms with Gasteiger partial charge in [0.1, 0.15) is 23.4 Å². The van der Waals surface area contributed by atoms with Crippen LogP contribution in [-0.4, -0.2) is 52.4 Å². The van der Waals surface area contributed by atoms with Crippen molar-refractivity contribution in [3.63, 3.8) is 0 Å². The van der Waals surface area contributed by atoms with E-state index in [1.54, 1.807) is 72.7 Å². The van der Waals surface area contributed by atoms with Crippen LogP contribution >= 0.6 is 11.8 Å². The number of nitrogens with zero attached hydrogens (tertiary/aromatic N) is 3. The molecule has 0 radical (unpaired) electrons. The number of alkyl carbamates (subject to hydrolysis) is 1. The Kier molecular flexibility index (Phi) is 9.52. The minimum atomic E-state index is -1.30. The fourth-order valence-corrected chi connectivity index (χ4v) is 5.16. The molecule has 0 aromatic heterocycles. The molecule has 2 aromatic carbocycles. The van der Waals surface area contributed by atoms with Gasteiger partial charge < -0.3 is 14.3 Å². The lowest BCUT2D eigenvalue weighted by atomic mass is 9.99. The molecule has 2 amide bonds. The third-order valence-electron chi connectivity index (χ3n) is 5.55. The van der Waals surface area contributed by atoms with E-state index < -0.39 is 45.9 Å². The van der Waals surface area contributed by atoms with Crippen molar-refractivity contribution in [1.29, 1.82) is 0 Å². The van der Waals surface area contributed by atoms with Gasteiger partial charge in [0.25, 0.3) is 5.96 Å². The van der Waals surface area contributed by atoms with Crippen LogP contribution in [0.3, 0.4) is 0 Å². The average molecular weight is 592 g/mol. The van der Waals surface area contributed by atoms with Crippen LogP contribution in [0.4, 0.5) is 18.4 Å². The van der Waals surface area contributed by atoms with Gasteiger partial charge >= 0.3 is 12.2 Å². The van der Waals surface area contributed by atoms with Crippen molar-refractivity contribution in [2.45, 2.75) is 70.6 Å². The van der Waals surface area contributed by atoms with Crippen LogP contribution in [0.1, 0.15) is 59.6 Å². The number of halogens is 2. The summed E-state index contributed by atoms with van der Waals surface area (Å²) in [5.74, 6) is -2.41. The molecule has 0 bridgehead atoms. The number of carbonyl (C=O) groups is 2. The molecule has 1 aliphatic rings. The molecule has 1 aliphatic heterocycles. The van der Waals surface area contributed by atoms with Crippen molar-refractivity contribution < 1.29 is 32.7 Å². The van der Waals surface area contributed by atoms with Gasteiger partial charge in [-0.1, -0.05) is 48.2 Å². The molecular weight excluding hydrogens is 556 g/mol. The average Bonchev–Trinajstić information content (AvgIpc) is 3.31. The van der Waals surface area contributed by atoms with E-state index in [0.717, 1.165) is 22.7 Å². The lowest BCUT2D eigenvalue weighted by molar-refractivity contribution is 0.0260. The van der Waals surface area contributed by atoms with E-state index in [-0.39, 0.29) is 16.6 Å². The predicted octanol–water partition coefficient (Wildman–Crippen LogP) is 5.88. The van der Waals surface area contributed by atoms with Gasteiger partial charge in [0.2, 0.25) is 0 Å². The number of rotatable bonds is 5. The molecule has 10 nitrogen and oxygen atoms in total. The topological polar surface area (TPSA) is 114 Å². The molecule has 0 spiro atoms. The molecule has 2 N–H and O–H groups in total. The molecule has 0 saturated carbocycles. The monoisotopic (exact) mass is 591 g/mol. The normalized spacial score (nSPS) is 18.1. The Morgan fingerprint density at radius 2 is 1.66 bits per heavy atom. The second-order valence-electron chi connectivity index (χ2n) is 11.1. The highest BCUT2D eigenvalue weighted by molar-refractivity contribution is 8.15. The Balaban J connectivity index is 2.14. The zero-order valence-electron chi connectivity index (χ0n) is 24.2. The molecule has 222 valence electrons. The van der Waals surface area contributed by atoms with Gasteiger partial charge in [-0.25, -0.2) is 23.3 Å². The van der Waals surface area contributed by atoms with Gasteiger partial charge in [-0.15, -0.1) is 0 Å². The summed E-state index contributed by atoms with van der Waals surface area (Å²) in [5.41, 5.74) is 1.83. The highest BCUT2D eigenvalue weighted by Crippen LogP contribution is 2.45. The van der Waals surface area contributed by atoms with Crippen LogP contribution in [0.5, 0.6) is 0 Å². The summed E-state index contributed by atoms with van der Waals surface area (Å²) >= 11 is 1.07. The Hall–Kier alpha value is -3.87. The molecular formula is C28H35F2N5O5S. The van der Waals surface area contributed by atoms with Crippen LogP contribution < -0.4 is 10.7 Å².